The van der Waals surface area contributed by atoms with E-state index in [1.807, 2.05) is 12.1 Å². The second kappa shape index (κ2) is 3.01. The van der Waals surface area contributed by atoms with Crippen LogP contribution in [0.25, 0.3) is 0 Å². The summed E-state index contributed by atoms with van der Waals surface area (Å²) in [5.74, 6) is 0.415. The number of hydrogen-bond acceptors (Lipinski definition) is 0. The largest absolute Gasteiger partial charge is 0.0986 e. The van der Waals surface area contributed by atoms with Crippen LogP contribution in [-0.4, -0.2) is 0 Å². The lowest BCUT2D eigenvalue weighted by atomic mass is 10.0. The molecule has 2 heteroatoms. The van der Waals surface area contributed by atoms with E-state index in [1.165, 1.54) is 11.1 Å². The third-order valence-electron chi connectivity index (χ3n) is 3.03. The minimum Gasteiger partial charge on any atom is -0.0986 e. The number of hydrogen-bond donors (Lipinski definition) is 0. The number of halogens is 2. The molecular weight excluding hydrogens is 215 g/mol. The highest BCUT2D eigenvalue weighted by atomic mass is 35.5. The van der Waals surface area contributed by atoms with Crippen LogP contribution in [0.5, 0.6) is 0 Å². The summed E-state index contributed by atoms with van der Waals surface area (Å²) in [6, 6.07) is 5.70. The Labute approximate surface area is 94.5 Å². The first-order valence-corrected chi connectivity index (χ1v) is 5.34. The van der Waals surface area contributed by atoms with Gasteiger partial charge in [0.05, 0.1) is 0 Å². The smallest absolute Gasteiger partial charge is 0.0423 e. The molecule has 1 saturated carbocycles. The van der Waals surface area contributed by atoms with Gasteiger partial charge in [-0.3, -0.25) is 0 Å². The van der Waals surface area contributed by atoms with Crippen LogP contribution in [0, 0.1) is 5.41 Å². The molecule has 0 amide bonds. The first-order valence-electron chi connectivity index (χ1n) is 4.58. The topological polar surface area (TPSA) is 0 Å². The Morgan fingerprint density at radius 1 is 1.14 bits per heavy atom. The molecule has 0 aliphatic heterocycles. The molecule has 0 radical (unpaired) electrons. The Kier molecular flexibility index (Phi) is 2.17. The summed E-state index contributed by atoms with van der Waals surface area (Å²) in [6.07, 6.45) is 0. The SMILES string of the molecule is C=C1C(c2cc(Cl)cc(Cl)c2)C1(C)C. The van der Waals surface area contributed by atoms with Crippen molar-refractivity contribution in [2.24, 2.45) is 5.41 Å². The van der Waals surface area contributed by atoms with Gasteiger partial charge in [-0.05, 0) is 29.2 Å². The van der Waals surface area contributed by atoms with Crippen molar-refractivity contribution in [3.8, 4) is 0 Å². The van der Waals surface area contributed by atoms with Gasteiger partial charge in [-0.2, -0.15) is 0 Å². The molecule has 14 heavy (non-hydrogen) atoms. The highest BCUT2D eigenvalue weighted by molar-refractivity contribution is 6.34. The maximum Gasteiger partial charge on any atom is 0.0423 e. The number of benzene rings is 1. The van der Waals surface area contributed by atoms with Crippen molar-refractivity contribution in [3.05, 3.63) is 46.0 Å². The van der Waals surface area contributed by atoms with Crippen molar-refractivity contribution < 1.29 is 0 Å². The van der Waals surface area contributed by atoms with Gasteiger partial charge in [0.1, 0.15) is 0 Å². The standard InChI is InChI=1S/C12H12Cl2/c1-7-11(12(7,2)3)8-4-9(13)6-10(14)5-8/h4-6,11H,1H2,2-3H3. The zero-order valence-corrected chi connectivity index (χ0v) is 9.78. The van der Waals surface area contributed by atoms with E-state index in [9.17, 15) is 0 Å². The van der Waals surface area contributed by atoms with Crippen molar-refractivity contribution in [2.75, 3.05) is 0 Å². The molecule has 0 saturated heterocycles. The Morgan fingerprint density at radius 2 is 1.57 bits per heavy atom. The summed E-state index contributed by atoms with van der Waals surface area (Å²) < 4.78 is 0. The molecule has 0 nitrogen and oxygen atoms in total. The van der Waals surface area contributed by atoms with Crippen LogP contribution in [0.4, 0.5) is 0 Å². The molecule has 0 spiro atoms. The number of allylic oxidation sites excluding steroid dienone is 1. The maximum atomic E-state index is 5.95. The molecule has 0 heterocycles. The van der Waals surface area contributed by atoms with Crippen LogP contribution < -0.4 is 0 Å². The predicted octanol–water partition coefficient (Wildman–Crippen LogP) is 4.67. The highest BCUT2D eigenvalue weighted by Gasteiger charge is 2.51. The fourth-order valence-electron chi connectivity index (χ4n) is 2.00. The third-order valence-corrected chi connectivity index (χ3v) is 3.47. The van der Waals surface area contributed by atoms with E-state index >= 15 is 0 Å². The Bertz CT molecular complexity index is 385. The maximum absolute atomic E-state index is 5.95. The molecule has 74 valence electrons. The number of rotatable bonds is 1. The van der Waals surface area contributed by atoms with E-state index in [1.54, 1.807) is 6.07 Å². The van der Waals surface area contributed by atoms with E-state index < -0.39 is 0 Å². The van der Waals surface area contributed by atoms with Gasteiger partial charge in [-0.15, -0.1) is 0 Å². The van der Waals surface area contributed by atoms with Crippen LogP contribution in [0.2, 0.25) is 10.0 Å². The molecular formula is C12H12Cl2. The highest BCUT2D eigenvalue weighted by Crippen LogP contribution is 2.63. The van der Waals surface area contributed by atoms with Crippen molar-refractivity contribution in [1.29, 1.82) is 0 Å². The third kappa shape index (κ3) is 1.47. The minimum absolute atomic E-state index is 0.202. The minimum atomic E-state index is 0.202. The van der Waals surface area contributed by atoms with Crippen molar-refractivity contribution in [3.63, 3.8) is 0 Å². The van der Waals surface area contributed by atoms with E-state index in [2.05, 4.69) is 20.4 Å². The summed E-state index contributed by atoms with van der Waals surface area (Å²) in [5.41, 5.74) is 2.64. The molecule has 1 aliphatic carbocycles. The first-order chi connectivity index (χ1) is 6.43. The van der Waals surface area contributed by atoms with Crippen LogP contribution in [0.3, 0.4) is 0 Å². The van der Waals surface area contributed by atoms with Gasteiger partial charge in [0, 0.05) is 16.0 Å². The Balaban J connectivity index is 2.40. The first kappa shape index (κ1) is 10.1. The van der Waals surface area contributed by atoms with E-state index in [-0.39, 0.29) is 5.41 Å². The average Bonchev–Trinajstić information content (AvgIpc) is 2.48. The molecule has 0 aromatic heterocycles. The summed E-state index contributed by atoms with van der Waals surface area (Å²) >= 11 is 11.9. The summed E-state index contributed by atoms with van der Waals surface area (Å²) in [6.45, 7) is 8.43. The molecule has 1 fully saturated rings. The second-order valence-corrected chi connectivity index (χ2v) is 5.26. The second-order valence-electron chi connectivity index (χ2n) is 4.38. The van der Waals surface area contributed by atoms with Gasteiger partial charge in [0.15, 0.2) is 0 Å². The van der Waals surface area contributed by atoms with Gasteiger partial charge in [-0.25, -0.2) is 0 Å². The average molecular weight is 227 g/mol. The van der Waals surface area contributed by atoms with Crippen LogP contribution in [0.1, 0.15) is 25.3 Å². The molecule has 0 N–H and O–H groups in total. The lowest BCUT2D eigenvalue weighted by Crippen LogP contribution is -1.89. The van der Waals surface area contributed by atoms with E-state index in [0.29, 0.717) is 16.0 Å². The van der Waals surface area contributed by atoms with Gasteiger partial charge < -0.3 is 0 Å². The summed E-state index contributed by atoms with van der Waals surface area (Å²) in [5, 5.41) is 1.39. The lowest BCUT2D eigenvalue weighted by molar-refractivity contribution is 0.642. The van der Waals surface area contributed by atoms with Crippen LogP contribution >= 0.6 is 23.2 Å². The van der Waals surface area contributed by atoms with Crippen molar-refractivity contribution in [1.82, 2.24) is 0 Å². The monoisotopic (exact) mass is 226 g/mol. The van der Waals surface area contributed by atoms with Gasteiger partial charge >= 0.3 is 0 Å². The molecule has 1 aliphatic rings. The Hall–Kier alpha value is -0.460. The van der Waals surface area contributed by atoms with Gasteiger partial charge in [0.2, 0.25) is 0 Å². The van der Waals surface area contributed by atoms with Gasteiger partial charge in [-0.1, -0.05) is 49.2 Å². The summed E-state index contributed by atoms with van der Waals surface area (Å²) in [7, 11) is 0. The molecule has 1 atom stereocenters. The molecule has 2 rings (SSSR count). The van der Waals surface area contributed by atoms with Gasteiger partial charge in [0.25, 0.3) is 0 Å². The quantitative estimate of drug-likeness (QED) is 0.611. The summed E-state index contributed by atoms with van der Waals surface area (Å²) in [4.78, 5) is 0. The molecule has 1 aromatic rings. The Morgan fingerprint density at radius 3 is 1.93 bits per heavy atom. The van der Waals surface area contributed by atoms with Crippen LogP contribution in [-0.2, 0) is 0 Å². The van der Waals surface area contributed by atoms with E-state index in [0.717, 1.165) is 0 Å². The molecule has 1 unspecified atom stereocenters. The fourth-order valence-corrected chi connectivity index (χ4v) is 2.54. The van der Waals surface area contributed by atoms with Crippen molar-refractivity contribution >= 4 is 23.2 Å². The van der Waals surface area contributed by atoms with Crippen LogP contribution in [0.15, 0.2) is 30.4 Å². The van der Waals surface area contributed by atoms with E-state index in [4.69, 9.17) is 23.2 Å². The molecule has 1 aromatic carbocycles. The lowest BCUT2D eigenvalue weighted by Gasteiger charge is -2.03. The fraction of sp³-hybridized carbons (Fsp3) is 0.333. The zero-order chi connectivity index (χ0) is 10.5. The normalized spacial score (nSPS) is 23.7. The molecule has 0 bridgehead atoms. The zero-order valence-electron chi connectivity index (χ0n) is 8.27. The predicted molar refractivity (Wildman–Crippen MR) is 62.1 cm³/mol. The van der Waals surface area contributed by atoms with Crippen molar-refractivity contribution in [2.45, 2.75) is 19.8 Å².